The highest BCUT2D eigenvalue weighted by molar-refractivity contribution is 9.09. The zero-order chi connectivity index (χ0) is 14.8. The summed E-state index contributed by atoms with van der Waals surface area (Å²) in [7, 11) is -2.98. The molecule has 0 aromatic heterocycles. The third-order valence-electron chi connectivity index (χ3n) is 4.56. The maximum absolute atomic E-state index is 12.2. The van der Waals surface area contributed by atoms with E-state index in [1.54, 1.807) is 20.8 Å². The molecule has 0 aromatic carbocycles. The van der Waals surface area contributed by atoms with E-state index in [-0.39, 0.29) is 0 Å². The lowest BCUT2D eigenvalue weighted by molar-refractivity contribution is 0.220. The Labute approximate surface area is 127 Å². The van der Waals surface area contributed by atoms with Crippen LogP contribution >= 0.6 is 15.9 Å². The van der Waals surface area contributed by atoms with Gasteiger partial charge >= 0.3 is 0 Å². The highest BCUT2D eigenvalue weighted by Crippen LogP contribution is 2.39. The average molecular weight is 353 g/mol. The molecule has 0 spiro atoms. The average Bonchev–Trinajstić information content (AvgIpc) is 2.26. The summed E-state index contributed by atoms with van der Waals surface area (Å²) in [6.07, 6.45) is 4.44. The van der Waals surface area contributed by atoms with Crippen LogP contribution in [-0.4, -0.2) is 23.7 Å². The molecule has 0 aliphatic heterocycles. The van der Waals surface area contributed by atoms with Crippen LogP contribution in [0.15, 0.2) is 0 Å². The Morgan fingerprint density at radius 2 is 1.79 bits per heavy atom. The molecule has 1 rings (SSSR count). The normalized spacial score (nSPS) is 29.7. The minimum Gasteiger partial charge on any atom is -0.228 e. The molecule has 0 saturated heterocycles. The van der Waals surface area contributed by atoms with E-state index in [1.807, 2.05) is 0 Å². The molecule has 4 heteroatoms. The maximum Gasteiger partial charge on any atom is 0.155 e. The number of alkyl halides is 1. The van der Waals surface area contributed by atoms with Crippen LogP contribution in [0.3, 0.4) is 0 Å². The van der Waals surface area contributed by atoms with Crippen LogP contribution in [0.5, 0.6) is 0 Å². The minimum absolute atomic E-state index is 0.327. The van der Waals surface area contributed by atoms with E-state index >= 15 is 0 Å². The Morgan fingerprint density at radius 1 is 1.21 bits per heavy atom. The molecule has 114 valence electrons. The third kappa shape index (κ3) is 4.73. The first-order valence-corrected chi connectivity index (χ1v) is 9.97. The summed E-state index contributed by atoms with van der Waals surface area (Å²) in [5.41, 5.74) is 0. The molecule has 0 radical (unpaired) electrons. The second-order valence-electron chi connectivity index (χ2n) is 7.31. The van der Waals surface area contributed by atoms with Gasteiger partial charge in [0.2, 0.25) is 0 Å². The van der Waals surface area contributed by atoms with Crippen molar-refractivity contribution in [3.05, 3.63) is 0 Å². The number of halogens is 1. The molecule has 0 amide bonds. The Bertz CT molecular complexity index is 381. The summed E-state index contributed by atoms with van der Waals surface area (Å²) in [6.45, 7) is 9.95. The van der Waals surface area contributed by atoms with Gasteiger partial charge in [-0.25, -0.2) is 8.42 Å². The van der Waals surface area contributed by atoms with Gasteiger partial charge in [0.15, 0.2) is 9.84 Å². The molecular formula is C15H29BrO2S. The lowest BCUT2D eigenvalue weighted by Crippen LogP contribution is -2.34. The van der Waals surface area contributed by atoms with Crippen LogP contribution in [0.2, 0.25) is 0 Å². The predicted molar refractivity (Wildman–Crippen MR) is 86.5 cm³/mol. The summed E-state index contributed by atoms with van der Waals surface area (Å²) in [5, 5.41) is 0. The highest BCUT2D eigenvalue weighted by Gasteiger charge is 2.34. The zero-order valence-electron chi connectivity index (χ0n) is 12.9. The van der Waals surface area contributed by atoms with Crippen molar-refractivity contribution in [1.29, 1.82) is 0 Å². The van der Waals surface area contributed by atoms with Crippen molar-refractivity contribution in [3.8, 4) is 0 Å². The monoisotopic (exact) mass is 352 g/mol. The van der Waals surface area contributed by atoms with E-state index in [0.29, 0.717) is 22.4 Å². The summed E-state index contributed by atoms with van der Waals surface area (Å²) in [6, 6.07) is 0. The largest absolute Gasteiger partial charge is 0.228 e. The first kappa shape index (κ1) is 17.5. The summed E-state index contributed by atoms with van der Waals surface area (Å²) in [4.78, 5) is 0.498. The molecule has 0 N–H and O–H groups in total. The van der Waals surface area contributed by atoms with Crippen LogP contribution in [0.4, 0.5) is 0 Å². The van der Waals surface area contributed by atoms with Gasteiger partial charge in [-0.15, -0.1) is 0 Å². The molecule has 1 saturated carbocycles. The zero-order valence-corrected chi connectivity index (χ0v) is 15.4. The molecule has 0 aromatic rings. The van der Waals surface area contributed by atoms with E-state index in [1.165, 1.54) is 19.3 Å². The minimum atomic E-state index is -2.98. The van der Waals surface area contributed by atoms with Gasteiger partial charge in [0, 0.05) is 4.83 Å². The maximum atomic E-state index is 12.2. The molecule has 1 fully saturated rings. The lowest BCUT2D eigenvalue weighted by Gasteiger charge is -2.35. The fourth-order valence-corrected chi connectivity index (χ4v) is 4.75. The molecule has 0 bridgehead atoms. The van der Waals surface area contributed by atoms with Crippen LogP contribution in [0, 0.1) is 17.8 Å². The van der Waals surface area contributed by atoms with Crippen molar-refractivity contribution in [2.45, 2.75) is 69.9 Å². The van der Waals surface area contributed by atoms with E-state index in [0.717, 1.165) is 12.3 Å². The Morgan fingerprint density at radius 3 is 2.26 bits per heavy atom. The molecule has 0 heterocycles. The molecule has 1 aliphatic carbocycles. The summed E-state index contributed by atoms with van der Waals surface area (Å²) < 4.78 is 23.8. The lowest BCUT2D eigenvalue weighted by atomic mass is 9.75. The number of rotatable bonds is 4. The Kier molecular flexibility index (Phi) is 5.95. The van der Waals surface area contributed by atoms with Gasteiger partial charge < -0.3 is 0 Å². The van der Waals surface area contributed by atoms with Crippen molar-refractivity contribution in [1.82, 2.24) is 0 Å². The van der Waals surface area contributed by atoms with Crippen LogP contribution in [0.25, 0.3) is 0 Å². The molecule has 2 nitrogen and oxygen atoms in total. The number of hydrogen-bond acceptors (Lipinski definition) is 2. The molecular weight excluding hydrogens is 324 g/mol. The first-order chi connectivity index (χ1) is 8.54. The van der Waals surface area contributed by atoms with E-state index in [4.69, 9.17) is 0 Å². The molecule has 3 unspecified atom stereocenters. The van der Waals surface area contributed by atoms with Gasteiger partial charge in [-0.05, 0) is 64.2 Å². The van der Waals surface area contributed by atoms with E-state index < -0.39 is 14.6 Å². The highest BCUT2D eigenvalue weighted by atomic mass is 79.9. The summed E-state index contributed by atoms with van der Waals surface area (Å²) >= 11 is 3.75. The first-order valence-electron chi connectivity index (χ1n) is 7.41. The molecule has 1 aliphatic rings. The fraction of sp³-hybridized carbons (Fsp3) is 1.00. The van der Waals surface area contributed by atoms with E-state index in [2.05, 4.69) is 29.8 Å². The van der Waals surface area contributed by atoms with Crippen LogP contribution in [-0.2, 0) is 9.84 Å². The van der Waals surface area contributed by atoms with E-state index in [9.17, 15) is 8.42 Å². The predicted octanol–water partition coefficient (Wildman–Crippen LogP) is 4.43. The number of sulfone groups is 1. The van der Waals surface area contributed by atoms with Gasteiger partial charge in [0.1, 0.15) is 0 Å². The SMILES string of the molecule is CC(C)C1CCC(Br)C(CCS(=O)(=O)C(C)(C)C)C1. The van der Waals surface area contributed by atoms with Crippen molar-refractivity contribution >= 4 is 25.8 Å². The Balaban J connectivity index is 2.61. The fourth-order valence-electron chi connectivity index (χ4n) is 2.78. The van der Waals surface area contributed by atoms with Crippen molar-refractivity contribution < 1.29 is 8.42 Å². The standard InChI is InChI=1S/C15H29BrO2S/c1-11(2)12-6-7-14(16)13(10-12)8-9-19(17,18)15(3,4)5/h11-14H,6-10H2,1-5H3. The van der Waals surface area contributed by atoms with Crippen LogP contribution in [0.1, 0.15) is 60.3 Å². The van der Waals surface area contributed by atoms with Crippen molar-refractivity contribution in [2.24, 2.45) is 17.8 Å². The second kappa shape index (κ2) is 6.46. The molecule has 3 atom stereocenters. The number of hydrogen-bond donors (Lipinski definition) is 0. The van der Waals surface area contributed by atoms with Crippen molar-refractivity contribution in [2.75, 3.05) is 5.75 Å². The van der Waals surface area contributed by atoms with Gasteiger partial charge in [-0.3, -0.25) is 0 Å². The molecule has 19 heavy (non-hydrogen) atoms. The van der Waals surface area contributed by atoms with Gasteiger partial charge in [0.05, 0.1) is 10.5 Å². The summed E-state index contributed by atoms with van der Waals surface area (Å²) in [5.74, 6) is 2.31. The smallest absolute Gasteiger partial charge is 0.155 e. The van der Waals surface area contributed by atoms with Gasteiger partial charge in [-0.2, -0.15) is 0 Å². The topological polar surface area (TPSA) is 34.1 Å². The van der Waals surface area contributed by atoms with Gasteiger partial charge in [0.25, 0.3) is 0 Å². The quantitative estimate of drug-likeness (QED) is 0.701. The van der Waals surface area contributed by atoms with Crippen LogP contribution < -0.4 is 0 Å². The van der Waals surface area contributed by atoms with Gasteiger partial charge in [-0.1, -0.05) is 29.8 Å². The third-order valence-corrected chi connectivity index (χ3v) is 8.41. The Hall–Kier alpha value is 0.430. The van der Waals surface area contributed by atoms with Crippen molar-refractivity contribution in [3.63, 3.8) is 0 Å². The second-order valence-corrected chi connectivity index (χ2v) is 11.4.